The lowest BCUT2D eigenvalue weighted by molar-refractivity contribution is -0.134. The highest BCUT2D eigenvalue weighted by Gasteiger charge is 2.45. The lowest BCUT2D eigenvalue weighted by Gasteiger charge is -2.40. The van der Waals surface area contributed by atoms with Crippen molar-refractivity contribution in [3.05, 3.63) is 0 Å². The van der Waals surface area contributed by atoms with E-state index in [4.69, 9.17) is 0 Å². The minimum atomic E-state index is 0.0133. The van der Waals surface area contributed by atoms with Crippen LogP contribution in [0.2, 0.25) is 0 Å². The van der Waals surface area contributed by atoms with Crippen LogP contribution < -0.4 is 5.32 Å². The summed E-state index contributed by atoms with van der Waals surface area (Å²) in [5.41, 5.74) is 0. The lowest BCUT2D eigenvalue weighted by Crippen LogP contribution is -2.53. The lowest BCUT2D eigenvalue weighted by atomic mass is 9.98. The summed E-state index contributed by atoms with van der Waals surface area (Å²) in [4.78, 5) is 17.6. The Morgan fingerprint density at radius 1 is 1.29 bits per heavy atom. The summed E-state index contributed by atoms with van der Waals surface area (Å²) in [5, 5.41) is 3.63. The van der Waals surface area contributed by atoms with Crippen LogP contribution in [0.15, 0.2) is 0 Å². The van der Waals surface area contributed by atoms with Gasteiger partial charge >= 0.3 is 0 Å². The second-order valence-electron chi connectivity index (χ2n) is 7.15. The number of carbonyl (C=O) groups is 1. The number of likely N-dealkylation sites (N-methyl/N-ethyl adjacent to an activating group) is 1. The van der Waals surface area contributed by atoms with Gasteiger partial charge in [0.1, 0.15) is 0 Å². The first-order valence-corrected chi connectivity index (χ1v) is 8.80. The van der Waals surface area contributed by atoms with Gasteiger partial charge in [-0.25, -0.2) is 0 Å². The average Bonchev–Trinajstić information content (AvgIpc) is 2.84. The SMILES string of the molecule is CCC(C)C1NC(C(C)C)N(C2CCCN(CC)C2)C1=O. The van der Waals surface area contributed by atoms with Crippen molar-refractivity contribution in [3.63, 3.8) is 0 Å². The number of amides is 1. The van der Waals surface area contributed by atoms with Crippen molar-refractivity contribution in [3.8, 4) is 0 Å². The summed E-state index contributed by atoms with van der Waals surface area (Å²) < 4.78 is 0. The van der Waals surface area contributed by atoms with Crippen LogP contribution in [0.25, 0.3) is 0 Å². The summed E-state index contributed by atoms with van der Waals surface area (Å²) in [6, 6.07) is 0.402. The third-order valence-electron chi connectivity index (χ3n) is 5.34. The predicted molar refractivity (Wildman–Crippen MR) is 87.0 cm³/mol. The second-order valence-corrected chi connectivity index (χ2v) is 7.15. The fraction of sp³-hybridized carbons (Fsp3) is 0.941. The third kappa shape index (κ3) is 3.42. The van der Waals surface area contributed by atoms with Gasteiger partial charge in [0.15, 0.2) is 0 Å². The molecule has 2 saturated heterocycles. The molecule has 0 aromatic carbocycles. The Hall–Kier alpha value is -0.610. The first-order chi connectivity index (χ1) is 9.99. The van der Waals surface area contributed by atoms with Crippen molar-refractivity contribution in [2.45, 2.75) is 72.1 Å². The second kappa shape index (κ2) is 7.10. The highest BCUT2D eigenvalue weighted by molar-refractivity contribution is 5.85. The van der Waals surface area contributed by atoms with E-state index in [2.05, 4.69) is 49.7 Å². The molecule has 0 aromatic rings. The summed E-state index contributed by atoms with van der Waals surface area (Å²) in [5.74, 6) is 1.21. The smallest absolute Gasteiger partial charge is 0.241 e. The van der Waals surface area contributed by atoms with Crippen molar-refractivity contribution in [1.29, 1.82) is 0 Å². The summed E-state index contributed by atoms with van der Waals surface area (Å²) in [6.45, 7) is 14.3. The number of likely N-dealkylation sites (tertiary alicyclic amines) is 1. The number of hydrogen-bond acceptors (Lipinski definition) is 3. The zero-order valence-corrected chi connectivity index (χ0v) is 14.4. The van der Waals surface area contributed by atoms with Crippen LogP contribution in [0.1, 0.15) is 53.9 Å². The molecule has 2 aliphatic rings. The molecule has 0 radical (unpaired) electrons. The number of hydrogen-bond donors (Lipinski definition) is 1. The molecule has 21 heavy (non-hydrogen) atoms. The normalized spacial score (nSPS) is 33.0. The Balaban J connectivity index is 2.16. The van der Waals surface area contributed by atoms with E-state index >= 15 is 0 Å². The molecule has 1 amide bonds. The molecule has 2 heterocycles. The molecule has 4 unspecified atom stereocenters. The molecular weight excluding hydrogens is 262 g/mol. The minimum absolute atomic E-state index is 0.0133. The van der Waals surface area contributed by atoms with Crippen LogP contribution in [-0.4, -0.2) is 53.6 Å². The summed E-state index contributed by atoms with van der Waals surface area (Å²) in [7, 11) is 0. The fourth-order valence-electron chi connectivity index (χ4n) is 3.74. The predicted octanol–water partition coefficient (Wildman–Crippen LogP) is 2.30. The van der Waals surface area contributed by atoms with Crippen molar-refractivity contribution < 1.29 is 4.79 Å². The van der Waals surface area contributed by atoms with Crippen LogP contribution >= 0.6 is 0 Å². The van der Waals surface area contributed by atoms with E-state index in [9.17, 15) is 4.79 Å². The number of carbonyl (C=O) groups excluding carboxylic acids is 1. The Labute approximate surface area is 130 Å². The maximum absolute atomic E-state index is 13.0. The van der Waals surface area contributed by atoms with Gasteiger partial charge in [-0.2, -0.15) is 0 Å². The first kappa shape index (κ1) is 16.8. The quantitative estimate of drug-likeness (QED) is 0.845. The average molecular weight is 295 g/mol. The Bertz CT molecular complexity index is 358. The van der Waals surface area contributed by atoms with E-state index < -0.39 is 0 Å². The molecule has 4 atom stereocenters. The van der Waals surface area contributed by atoms with E-state index in [0.717, 1.165) is 25.9 Å². The van der Waals surface area contributed by atoms with Gasteiger partial charge in [-0.3, -0.25) is 10.1 Å². The number of rotatable bonds is 5. The van der Waals surface area contributed by atoms with E-state index in [1.54, 1.807) is 0 Å². The highest BCUT2D eigenvalue weighted by Crippen LogP contribution is 2.28. The molecule has 4 heteroatoms. The molecule has 2 rings (SSSR count). The summed E-state index contributed by atoms with van der Waals surface area (Å²) in [6.07, 6.45) is 3.62. The number of nitrogens with one attached hydrogen (secondary N) is 1. The van der Waals surface area contributed by atoms with Crippen LogP contribution in [0.5, 0.6) is 0 Å². The van der Waals surface area contributed by atoms with E-state index in [0.29, 0.717) is 23.8 Å². The van der Waals surface area contributed by atoms with Gasteiger partial charge in [-0.1, -0.05) is 41.0 Å². The Morgan fingerprint density at radius 3 is 2.57 bits per heavy atom. The highest BCUT2D eigenvalue weighted by atomic mass is 16.2. The third-order valence-corrected chi connectivity index (χ3v) is 5.34. The Kier molecular flexibility index (Phi) is 5.67. The number of piperidine rings is 1. The molecule has 4 nitrogen and oxygen atoms in total. The van der Waals surface area contributed by atoms with Gasteiger partial charge in [0.05, 0.1) is 12.2 Å². The number of nitrogens with zero attached hydrogens (tertiary/aromatic N) is 2. The van der Waals surface area contributed by atoms with Crippen LogP contribution in [0.4, 0.5) is 0 Å². The molecule has 0 aromatic heterocycles. The van der Waals surface area contributed by atoms with E-state index in [1.807, 2.05) is 0 Å². The molecule has 0 spiro atoms. The van der Waals surface area contributed by atoms with Gasteiger partial charge in [0, 0.05) is 12.6 Å². The monoisotopic (exact) mass is 295 g/mol. The molecular formula is C17H33N3O. The topological polar surface area (TPSA) is 35.6 Å². The van der Waals surface area contributed by atoms with Gasteiger partial charge < -0.3 is 9.80 Å². The van der Waals surface area contributed by atoms with Gasteiger partial charge in [-0.05, 0) is 37.8 Å². The van der Waals surface area contributed by atoms with Crippen LogP contribution in [0.3, 0.4) is 0 Å². The molecule has 2 aliphatic heterocycles. The molecule has 0 saturated carbocycles. The van der Waals surface area contributed by atoms with Crippen molar-refractivity contribution >= 4 is 5.91 Å². The van der Waals surface area contributed by atoms with E-state index in [-0.39, 0.29) is 12.2 Å². The Morgan fingerprint density at radius 2 is 2.00 bits per heavy atom. The first-order valence-electron chi connectivity index (χ1n) is 8.80. The van der Waals surface area contributed by atoms with E-state index in [1.165, 1.54) is 13.0 Å². The van der Waals surface area contributed by atoms with Gasteiger partial charge in [0.2, 0.25) is 5.91 Å². The zero-order chi connectivity index (χ0) is 15.6. The van der Waals surface area contributed by atoms with Crippen LogP contribution in [0, 0.1) is 11.8 Å². The van der Waals surface area contributed by atoms with Crippen molar-refractivity contribution in [2.24, 2.45) is 11.8 Å². The fourth-order valence-corrected chi connectivity index (χ4v) is 3.74. The van der Waals surface area contributed by atoms with Crippen molar-refractivity contribution in [2.75, 3.05) is 19.6 Å². The maximum atomic E-state index is 13.0. The maximum Gasteiger partial charge on any atom is 0.241 e. The minimum Gasteiger partial charge on any atom is -0.321 e. The molecule has 122 valence electrons. The molecule has 0 aliphatic carbocycles. The van der Waals surface area contributed by atoms with Gasteiger partial charge in [0.25, 0.3) is 0 Å². The zero-order valence-electron chi connectivity index (χ0n) is 14.4. The largest absolute Gasteiger partial charge is 0.321 e. The molecule has 2 fully saturated rings. The molecule has 1 N–H and O–H groups in total. The van der Waals surface area contributed by atoms with Crippen LogP contribution in [-0.2, 0) is 4.79 Å². The summed E-state index contributed by atoms with van der Waals surface area (Å²) >= 11 is 0. The van der Waals surface area contributed by atoms with Crippen molar-refractivity contribution in [1.82, 2.24) is 15.1 Å². The standard InChI is InChI=1S/C17H33N3O/c1-6-13(5)15-17(21)20(16(18-15)12(3)4)14-9-8-10-19(7-2)11-14/h12-16,18H,6-11H2,1-5H3. The van der Waals surface area contributed by atoms with Gasteiger partial charge in [-0.15, -0.1) is 0 Å². The molecule has 0 bridgehead atoms.